The van der Waals surface area contributed by atoms with Gasteiger partial charge in [0.15, 0.2) is 5.60 Å². The van der Waals surface area contributed by atoms with Crippen molar-refractivity contribution in [3.63, 3.8) is 0 Å². The highest BCUT2D eigenvalue weighted by Gasteiger charge is 2.53. The Kier molecular flexibility index (Phi) is 4.19. The number of nitrogens with zero attached hydrogens (tertiary/aromatic N) is 1. The number of esters is 1. The van der Waals surface area contributed by atoms with Crippen LogP contribution in [0, 0.1) is 0 Å². The summed E-state index contributed by atoms with van der Waals surface area (Å²) in [4.78, 5) is 15.1. The predicted molar refractivity (Wildman–Crippen MR) is 118 cm³/mol. The molecule has 2 aliphatic rings. The predicted octanol–water partition coefficient (Wildman–Crippen LogP) is 5.34. The van der Waals surface area contributed by atoms with Crippen LogP contribution >= 0.6 is 11.6 Å². The molecule has 0 amide bonds. The van der Waals surface area contributed by atoms with E-state index >= 15 is 0 Å². The van der Waals surface area contributed by atoms with Crippen LogP contribution in [0.5, 0.6) is 11.5 Å². The Morgan fingerprint density at radius 2 is 1.70 bits per heavy atom. The number of nitrogen functional groups attached to an aromatic ring is 1. The third kappa shape index (κ3) is 2.45. The molecule has 30 heavy (non-hydrogen) atoms. The van der Waals surface area contributed by atoms with Gasteiger partial charge in [0.1, 0.15) is 11.5 Å². The quantitative estimate of drug-likeness (QED) is 0.458. The second-order valence-corrected chi connectivity index (χ2v) is 7.85. The molecule has 2 N–H and O–H groups in total. The van der Waals surface area contributed by atoms with Gasteiger partial charge in [0.25, 0.3) is 0 Å². The van der Waals surface area contributed by atoms with E-state index in [-0.39, 0.29) is 5.97 Å². The number of ether oxygens (including phenoxy) is 2. The minimum Gasteiger partial charge on any atom is -0.456 e. The highest BCUT2D eigenvalue weighted by Crippen LogP contribution is 2.57. The van der Waals surface area contributed by atoms with E-state index < -0.39 is 5.60 Å². The molecule has 3 aromatic carbocycles. The number of nitrogens with two attached hydrogens (primary N) is 1. The Morgan fingerprint density at radius 3 is 2.47 bits per heavy atom. The third-order valence-corrected chi connectivity index (χ3v) is 6.27. The van der Waals surface area contributed by atoms with E-state index in [9.17, 15) is 4.79 Å². The topological polar surface area (TPSA) is 64.8 Å². The highest BCUT2D eigenvalue weighted by molar-refractivity contribution is 6.33. The fourth-order valence-electron chi connectivity index (χ4n) is 4.48. The molecule has 1 spiro atoms. The van der Waals surface area contributed by atoms with Crippen molar-refractivity contribution in [3.05, 3.63) is 81.9 Å². The maximum Gasteiger partial charge on any atom is 0.340 e. The van der Waals surface area contributed by atoms with Crippen LogP contribution in [0.15, 0.2) is 54.6 Å². The molecule has 5 rings (SSSR count). The average Bonchev–Trinajstić information content (AvgIpc) is 3.04. The molecule has 0 fully saturated rings. The van der Waals surface area contributed by atoms with Crippen LogP contribution in [0.4, 0.5) is 11.4 Å². The summed E-state index contributed by atoms with van der Waals surface area (Å²) >= 11 is 6.30. The molecule has 1 atom stereocenters. The fourth-order valence-corrected chi connectivity index (χ4v) is 4.64. The number of hydrogen-bond donors (Lipinski definition) is 1. The van der Waals surface area contributed by atoms with E-state index in [1.54, 1.807) is 18.2 Å². The monoisotopic (exact) mass is 420 g/mol. The summed E-state index contributed by atoms with van der Waals surface area (Å²) in [5, 5.41) is 0.393. The zero-order valence-corrected chi connectivity index (χ0v) is 17.5. The first-order chi connectivity index (χ1) is 14.5. The Balaban J connectivity index is 1.82. The first kappa shape index (κ1) is 18.8. The first-order valence-electron chi connectivity index (χ1n) is 9.99. The molecule has 0 saturated carbocycles. The smallest absolute Gasteiger partial charge is 0.340 e. The number of rotatable bonds is 3. The van der Waals surface area contributed by atoms with Gasteiger partial charge in [0, 0.05) is 47.6 Å². The van der Waals surface area contributed by atoms with Crippen molar-refractivity contribution in [2.45, 2.75) is 19.4 Å². The van der Waals surface area contributed by atoms with Crippen LogP contribution in [-0.2, 0) is 10.3 Å². The minimum absolute atomic E-state index is 0.370. The van der Waals surface area contributed by atoms with Crippen LogP contribution in [0.2, 0.25) is 5.02 Å². The van der Waals surface area contributed by atoms with Crippen LogP contribution < -0.4 is 15.4 Å². The Hall–Kier alpha value is -3.18. The molecule has 0 bridgehead atoms. The van der Waals surface area contributed by atoms with Crippen LogP contribution in [0.1, 0.15) is 40.9 Å². The lowest BCUT2D eigenvalue weighted by atomic mass is 9.77. The molecule has 5 nitrogen and oxygen atoms in total. The van der Waals surface area contributed by atoms with Crippen molar-refractivity contribution >= 4 is 28.9 Å². The van der Waals surface area contributed by atoms with Crippen molar-refractivity contribution in [2.24, 2.45) is 0 Å². The van der Waals surface area contributed by atoms with Gasteiger partial charge in [-0.25, -0.2) is 4.79 Å². The lowest BCUT2D eigenvalue weighted by molar-refractivity contribution is 0.0224. The molecule has 2 heterocycles. The summed E-state index contributed by atoms with van der Waals surface area (Å²) in [7, 11) is 0. The van der Waals surface area contributed by atoms with Crippen LogP contribution in [-0.4, -0.2) is 19.1 Å². The van der Waals surface area contributed by atoms with Crippen LogP contribution in [0.25, 0.3) is 0 Å². The maximum absolute atomic E-state index is 12.8. The van der Waals surface area contributed by atoms with Gasteiger partial charge in [0.2, 0.25) is 0 Å². The normalized spacial score (nSPS) is 18.3. The summed E-state index contributed by atoms with van der Waals surface area (Å²) < 4.78 is 12.4. The van der Waals surface area contributed by atoms with Gasteiger partial charge in [0.05, 0.1) is 16.3 Å². The van der Waals surface area contributed by atoms with E-state index in [1.807, 2.05) is 36.4 Å². The number of anilines is 2. The number of carbonyl (C=O) groups excluding carboxylic acids is 1. The van der Waals surface area contributed by atoms with Crippen molar-refractivity contribution in [1.82, 2.24) is 0 Å². The molecule has 2 aliphatic heterocycles. The second kappa shape index (κ2) is 6.67. The first-order valence-corrected chi connectivity index (χ1v) is 10.4. The fraction of sp³-hybridized carbons (Fsp3) is 0.208. The summed E-state index contributed by atoms with van der Waals surface area (Å²) in [6, 6.07) is 16.9. The van der Waals surface area contributed by atoms with Gasteiger partial charge < -0.3 is 20.1 Å². The van der Waals surface area contributed by atoms with E-state index in [2.05, 4.69) is 18.7 Å². The SMILES string of the molecule is CCN(CC)c1ccc2c(c1)Oc1cc(Cl)c(N)cc1[C@@]21OC(=O)c2ccccc21. The van der Waals surface area contributed by atoms with Gasteiger partial charge in [-0.3, -0.25) is 0 Å². The third-order valence-electron chi connectivity index (χ3n) is 5.94. The van der Waals surface area contributed by atoms with Gasteiger partial charge in [-0.1, -0.05) is 29.8 Å². The Bertz CT molecular complexity index is 1190. The standard InChI is InChI=1S/C24H21ClN2O3/c1-3-27(4-2)14-9-10-17-21(11-14)29-22-13-19(25)20(26)12-18(22)24(17)16-8-6-5-7-15(16)23(28)30-24/h5-13H,3-4,26H2,1-2H3/t24-/m0/s1. The number of fused-ring (bicyclic) bond motifs is 6. The molecule has 0 radical (unpaired) electrons. The lowest BCUT2D eigenvalue weighted by Gasteiger charge is -2.37. The van der Waals surface area contributed by atoms with Gasteiger partial charge in [-0.15, -0.1) is 0 Å². The molecule has 0 aromatic heterocycles. The van der Waals surface area contributed by atoms with E-state index in [1.165, 1.54) is 0 Å². The zero-order valence-electron chi connectivity index (χ0n) is 16.7. The van der Waals surface area contributed by atoms with E-state index in [4.69, 9.17) is 26.8 Å². The summed E-state index contributed by atoms with van der Waals surface area (Å²) in [5.74, 6) is 0.797. The minimum atomic E-state index is -1.13. The zero-order chi connectivity index (χ0) is 21.0. The Morgan fingerprint density at radius 1 is 0.967 bits per heavy atom. The highest BCUT2D eigenvalue weighted by atomic mass is 35.5. The summed E-state index contributed by atoms with van der Waals surface area (Å²) in [6.45, 7) is 5.96. The molecule has 0 unspecified atom stereocenters. The van der Waals surface area contributed by atoms with Crippen molar-refractivity contribution in [3.8, 4) is 11.5 Å². The lowest BCUT2D eigenvalue weighted by Crippen LogP contribution is -2.33. The average molecular weight is 421 g/mol. The van der Waals surface area contributed by atoms with Crippen molar-refractivity contribution < 1.29 is 14.3 Å². The molecular formula is C24H21ClN2O3. The van der Waals surface area contributed by atoms with Gasteiger partial charge in [-0.2, -0.15) is 0 Å². The molecule has 6 heteroatoms. The van der Waals surface area contributed by atoms with Crippen LogP contribution in [0.3, 0.4) is 0 Å². The number of benzene rings is 3. The molecule has 0 saturated heterocycles. The molecular weight excluding hydrogens is 400 g/mol. The molecule has 152 valence electrons. The number of carbonyl (C=O) groups is 1. The largest absolute Gasteiger partial charge is 0.456 e. The molecule has 0 aliphatic carbocycles. The number of halogens is 1. The number of hydrogen-bond acceptors (Lipinski definition) is 5. The van der Waals surface area contributed by atoms with Crippen molar-refractivity contribution in [2.75, 3.05) is 23.7 Å². The van der Waals surface area contributed by atoms with E-state index in [0.717, 1.165) is 29.9 Å². The second-order valence-electron chi connectivity index (χ2n) is 7.44. The van der Waals surface area contributed by atoms with Gasteiger partial charge in [-0.05, 0) is 38.1 Å². The van der Waals surface area contributed by atoms with Gasteiger partial charge >= 0.3 is 5.97 Å². The Labute approximate surface area is 180 Å². The van der Waals surface area contributed by atoms with E-state index in [0.29, 0.717) is 33.3 Å². The molecule has 3 aromatic rings. The summed E-state index contributed by atoms with van der Waals surface area (Å²) in [6.07, 6.45) is 0. The maximum atomic E-state index is 12.8. The summed E-state index contributed by atoms with van der Waals surface area (Å²) in [5.41, 5.74) is 9.21. The van der Waals surface area contributed by atoms with Crippen molar-refractivity contribution in [1.29, 1.82) is 0 Å².